The number of hydrogen-bond acceptors (Lipinski definition) is 6. The molecule has 10 heteroatoms. The van der Waals surface area contributed by atoms with E-state index in [1.165, 1.54) is 28.2 Å². The number of nitrogens with one attached hydrogen (secondary N) is 1. The second-order valence-electron chi connectivity index (χ2n) is 7.92. The van der Waals surface area contributed by atoms with Crippen LogP contribution in [0.4, 0.5) is 5.69 Å². The lowest BCUT2D eigenvalue weighted by Crippen LogP contribution is -2.37. The summed E-state index contributed by atoms with van der Waals surface area (Å²) in [6.45, 7) is 3.22. The Morgan fingerprint density at radius 1 is 1.06 bits per heavy atom. The van der Waals surface area contributed by atoms with Crippen molar-refractivity contribution in [3.63, 3.8) is 0 Å². The fourth-order valence-electron chi connectivity index (χ4n) is 3.43. The van der Waals surface area contributed by atoms with Crippen LogP contribution < -0.4 is 5.32 Å². The molecule has 1 aromatic heterocycles. The summed E-state index contributed by atoms with van der Waals surface area (Å²) in [5.41, 5.74) is 1.05. The predicted molar refractivity (Wildman–Crippen MR) is 123 cm³/mol. The Balaban J connectivity index is 1.39. The van der Waals surface area contributed by atoms with Gasteiger partial charge in [-0.2, -0.15) is 4.31 Å². The summed E-state index contributed by atoms with van der Waals surface area (Å²) >= 11 is 1.48. The maximum absolute atomic E-state index is 12.8. The molecule has 1 fully saturated rings. The zero-order chi connectivity index (χ0) is 22.7. The summed E-state index contributed by atoms with van der Waals surface area (Å²) in [6.07, 6.45) is 3.38. The van der Waals surface area contributed by atoms with Gasteiger partial charge >= 0.3 is 0 Å². The Kier molecular flexibility index (Phi) is 6.63. The van der Waals surface area contributed by atoms with Crippen molar-refractivity contribution in [2.45, 2.75) is 34.7 Å². The normalized spacial score (nSPS) is 15.6. The minimum absolute atomic E-state index is 0.216. The molecule has 0 radical (unpaired) electrons. The van der Waals surface area contributed by atoms with Gasteiger partial charge in [-0.25, -0.2) is 8.42 Å². The molecule has 2 aromatic carbocycles. The summed E-state index contributed by atoms with van der Waals surface area (Å²) < 4.78 is 29.1. The third kappa shape index (κ3) is 5.03. The van der Waals surface area contributed by atoms with E-state index < -0.39 is 10.0 Å². The highest BCUT2D eigenvalue weighted by molar-refractivity contribution is 7.99. The number of rotatable bonds is 6. The van der Waals surface area contributed by atoms with E-state index >= 15 is 0 Å². The van der Waals surface area contributed by atoms with Crippen LogP contribution in [0, 0.1) is 5.92 Å². The summed E-state index contributed by atoms with van der Waals surface area (Å²) in [6, 6.07) is 13.5. The third-order valence-electron chi connectivity index (χ3n) is 5.49. The molecule has 0 atom stereocenters. The topological polar surface area (TPSA) is 97.2 Å². The van der Waals surface area contributed by atoms with E-state index in [1.54, 1.807) is 18.5 Å². The van der Waals surface area contributed by atoms with Crippen LogP contribution in [0.25, 0.3) is 0 Å². The van der Waals surface area contributed by atoms with Crippen LogP contribution in [0.3, 0.4) is 0 Å². The highest BCUT2D eigenvalue weighted by Crippen LogP contribution is 2.27. The molecule has 0 bridgehead atoms. The first kappa shape index (κ1) is 22.5. The van der Waals surface area contributed by atoms with E-state index in [-0.39, 0.29) is 10.8 Å². The van der Waals surface area contributed by atoms with Gasteiger partial charge in [0.2, 0.25) is 10.0 Å². The minimum Gasteiger partial charge on any atom is -0.322 e. The molecule has 1 saturated heterocycles. The molecular weight excluding hydrogens is 446 g/mol. The van der Waals surface area contributed by atoms with Crippen LogP contribution in [0.2, 0.25) is 0 Å². The number of benzene rings is 2. The van der Waals surface area contributed by atoms with E-state index in [4.69, 9.17) is 0 Å². The van der Waals surface area contributed by atoms with Crippen molar-refractivity contribution in [2.24, 2.45) is 13.0 Å². The van der Waals surface area contributed by atoms with Crippen LogP contribution in [0.15, 0.2) is 69.8 Å². The highest BCUT2D eigenvalue weighted by Gasteiger charge is 2.28. The molecule has 0 unspecified atom stereocenters. The summed E-state index contributed by atoms with van der Waals surface area (Å²) in [7, 11) is -1.65. The van der Waals surface area contributed by atoms with Crippen LogP contribution in [0.5, 0.6) is 0 Å². The molecule has 3 aromatic rings. The van der Waals surface area contributed by atoms with E-state index in [0.29, 0.717) is 30.3 Å². The zero-order valence-corrected chi connectivity index (χ0v) is 19.6. The molecule has 0 aliphatic carbocycles. The number of anilines is 1. The first-order valence-corrected chi connectivity index (χ1v) is 12.6. The van der Waals surface area contributed by atoms with Crippen molar-refractivity contribution in [1.82, 2.24) is 19.1 Å². The van der Waals surface area contributed by atoms with Gasteiger partial charge < -0.3 is 9.88 Å². The van der Waals surface area contributed by atoms with Gasteiger partial charge in [-0.15, -0.1) is 10.2 Å². The van der Waals surface area contributed by atoms with Gasteiger partial charge in [0.25, 0.3) is 5.91 Å². The van der Waals surface area contributed by atoms with E-state index in [1.807, 2.05) is 35.9 Å². The number of hydrogen-bond donors (Lipinski definition) is 1. The molecular formula is C22H25N5O3S2. The maximum atomic E-state index is 12.8. The lowest BCUT2D eigenvalue weighted by atomic mass is 10.0. The summed E-state index contributed by atoms with van der Waals surface area (Å²) in [5.74, 6) is 0.251. The van der Waals surface area contributed by atoms with Gasteiger partial charge in [-0.3, -0.25) is 4.79 Å². The third-order valence-corrected chi connectivity index (χ3v) is 8.46. The average Bonchev–Trinajstić information content (AvgIpc) is 3.19. The SMILES string of the molecule is CC1CCN(S(=O)(=O)c2ccc(C(=O)Nc3ccc(Sc4nncn4C)cc3)cc2)CC1. The average molecular weight is 472 g/mol. The monoisotopic (exact) mass is 471 g/mol. The van der Waals surface area contributed by atoms with Crippen molar-refractivity contribution in [3.05, 3.63) is 60.4 Å². The standard InChI is InChI=1S/C22H25N5O3S2/c1-16-11-13-27(14-12-16)32(29,30)20-9-3-17(4-10-20)21(28)24-18-5-7-19(8-6-18)31-22-25-23-15-26(22)2/h3-10,15-16H,11-14H2,1-2H3,(H,24,28). The maximum Gasteiger partial charge on any atom is 0.255 e. The molecule has 1 aliphatic rings. The molecule has 2 heterocycles. The Labute approximate surface area is 192 Å². The second kappa shape index (κ2) is 9.43. The van der Waals surface area contributed by atoms with E-state index in [2.05, 4.69) is 22.4 Å². The molecule has 0 spiro atoms. The summed E-state index contributed by atoms with van der Waals surface area (Å²) in [4.78, 5) is 13.8. The number of aryl methyl sites for hydroxylation is 1. The fraction of sp³-hybridized carbons (Fsp3) is 0.318. The van der Waals surface area contributed by atoms with Crippen LogP contribution in [0.1, 0.15) is 30.1 Å². The highest BCUT2D eigenvalue weighted by atomic mass is 32.2. The fourth-order valence-corrected chi connectivity index (χ4v) is 5.66. The zero-order valence-electron chi connectivity index (χ0n) is 17.9. The Morgan fingerprint density at radius 2 is 1.72 bits per heavy atom. The molecule has 4 rings (SSSR count). The van der Waals surface area contributed by atoms with Crippen LogP contribution >= 0.6 is 11.8 Å². The van der Waals surface area contributed by atoms with E-state index in [0.717, 1.165) is 22.9 Å². The number of amides is 1. The molecule has 1 amide bonds. The first-order chi connectivity index (χ1) is 15.3. The number of carbonyl (C=O) groups is 1. The van der Waals surface area contributed by atoms with Gasteiger partial charge in [0, 0.05) is 36.3 Å². The smallest absolute Gasteiger partial charge is 0.255 e. The lowest BCUT2D eigenvalue weighted by Gasteiger charge is -2.29. The molecule has 0 saturated carbocycles. The number of aromatic nitrogens is 3. The Bertz CT molecular complexity index is 1180. The number of nitrogens with zero attached hydrogens (tertiary/aromatic N) is 4. The quantitative estimate of drug-likeness (QED) is 0.590. The summed E-state index contributed by atoms with van der Waals surface area (Å²) in [5, 5.41) is 11.5. The van der Waals surface area contributed by atoms with Gasteiger partial charge in [-0.1, -0.05) is 6.92 Å². The predicted octanol–water partition coefficient (Wildman–Crippen LogP) is 3.64. The Morgan fingerprint density at radius 3 is 2.31 bits per heavy atom. The van der Waals surface area contributed by atoms with Crippen molar-refractivity contribution < 1.29 is 13.2 Å². The number of carbonyl (C=O) groups excluding carboxylic acids is 1. The number of piperidine rings is 1. The molecule has 1 N–H and O–H groups in total. The van der Waals surface area contributed by atoms with Crippen LogP contribution in [-0.4, -0.2) is 46.5 Å². The molecule has 32 heavy (non-hydrogen) atoms. The van der Waals surface area contributed by atoms with Gasteiger partial charge in [-0.05, 0) is 79.1 Å². The molecule has 168 valence electrons. The van der Waals surface area contributed by atoms with E-state index in [9.17, 15) is 13.2 Å². The van der Waals surface area contributed by atoms with Crippen molar-refractivity contribution >= 4 is 33.4 Å². The van der Waals surface area contributed by atoms with Crippen molar-refractivity contribution in [1.29, 1.82) is 0 Å². The minimum atomic E-state index is -3.53. The molecule has 1 aliphatic heterocycles. The molecule has 8 nitrogen and oxygen atoms in total. The Hall–Kier alpha value is -2.69. The van der Waals surface area contributed by atoms with Crippen LogP contribution in [-0.2, 0) is 17.1 Å². The lowest BCUT2D eigenvalue weighted by molar-refractivity contribution is 0.102. The van der Waals surface area contributed by atoms with Crippen molar-refractivity contribution in [3.8, 4) is 0 Å². The van der Waals surface area contributed by atoms with Gasteiger partial charge in [0.15, 0.2) is 5.16 Å². The largest absolute Gasteiger partial charge is 0.322 e. The first-order valence-electron chi connectivity index (χ1n) is 10.4. The van der Waals surface area contributed by atoms with Gasteiger partial charge in [0.1, 0.15) is 6.33 Å². The number of sulfonamides is 1. The second-order valence-corrected chi connectivity index (χ2v) is 10.9. The van der Waals surface area contributed by atoms with Gasteiger partial charge in [0.05, 0.1) is 4.90 Å². The van der Waals surface area contributed by atoms with Crippen molar-refractivity contribution in [2.75, 3.05) is 18.4 Å².